The van der Waals surface area contributed by atoms with E-state index >= 15 is 0 Å². The van der Waals surface area contributed by atoms with Gasteiger partial charge in [-0.3, -0.25) is 9.89 Å². The van der Waals surface area contributed by atoms with Gasteiger partial charge >= 0.3 is 0 Å². The van der Waals surface area contributed by atoms with E-state index < -0.39 is 10.0 Å². The van der Waals surface area contributed by atoms with Gasteiger partial charge in [0.15, 0.2) is 0 Å². The molecular weight excluding hydrogens is 378 g/mol. The Morgan fingerprint density at radius 2 is 2.00 bits per heavy atom. The number of sulfonamides is 1. The first-order valence-electron chi connectivity index (χ1n) is 8.85. The maximum atomic E-state index is 13.0. The van der Waals surface area contributed by atoms with Gasteiger partial charge in [-0.15, -0.1) is 12.4 Å². The largest absolute Gasteiger partial charge is 0.337 e. The molecule has 0 saturated carbocycles. The number of aromatic nitrogens is 2. The van der Waals surface area contributed by atoms with Gasteiger partial charge in [-0.1, -0.05) is 0 Å². The minimum atomic E-state index is -3.63. The first kappa shape index (κ1) is 21.1. The summed E-state index contributed by atoms with van der Waals surface area (Å²) in [6, 6.07) is 0.145. The number of hydrogen-bond donors (Lipinski definition) is 2. The molecule has 26 heavy (non-hydrogen) atoms. The van der Waals surface area contributed by atoms with Crippen molar-refractivity contribution in [2.75, 3.05) is 32.7 Å². The molecule has 10 heteroatoms. The standard InChI is InChI=1S/C16H27N5O3S.ClH/c1-11-9-17-6-8-21(11)16(22)14-5-4-7-20(10-14)25(23,24)15-12(2)18-19-13(15)3;/h11,14,17H,4-10H2,1-3H3,(H,18,19);1H/t11-,14?;/m0./s1. The topological polar surface area (TPSA) is 98.4 Å². The van der Waals surface area contributed by atoms with Crippen molar-refractivity contribution in [1.82, 2.24) is 24.7 Å². The molecule has 8 nitrogen and oxygen atoms in total. The van der Waals surface area contributed by atoms with Gasteiger partial charge in [-0.05, 0) is 33.6 Å². The zero-order valence-electron chi connectivity index (χ0n) is 15.5. The van der Waals surface area contributed by atoms with Gasteiger partial charge in [-0.25, -0.2) is 8.42 Å². The Bertz CT molecular complexity index is 732. The average molecular weight is 406 g/mol. The van der Waals surface area contributed by atoms with Crippen molar-refractivity contribution in [3.63, 3.8) is 0 Å². The number of carbonyl (C=O) groups excluding carboxylic acids is 1. The minimum Gasteiger partial charge on any atom is -0.337 e. The van der Waals surface area contributed by atoms with Crippen molar-refractivity contribution in [3.8, 4) is 0 Å². The summed E-state index contributed by atoms with van der Waals surface area (Å²) in [5, 5.41) is 10.0. The Hall–Kier alpha value is -1.16. The van der Waals surface area contributed by atoms with Gasteiger partial charge in [0.05, 0.1) is 17.3 Å². The Kier molecular flexibility index (Phi) is 6.70. The zero-order chi connectivity index (χ0) is 18.2. The molecule has 1 aromatic rings. The summed E-state index contributed by atoms with van der Waals surface area (Å²) in [6.07, 6.45) is 1.44. The molecule has 1 amide bonds. The van der Waals surface area contributed by atoms with Crippen LogP contribution in [0.15, 0.2) is 4.90 Å². The third kappa shape index (κ3) is 3.90. The lowest BCUT2D eigenvalue weighted by Crippen LogP contribution is -2.55. The molecule has 1 unspecified atom stereocenters. The van der Waals surface area contributed by atoms with Crippen LogP contribution in [0.2, 0.25) is 0 Å². The third-order valence-electron chi connectivity index (χ3n) is 5.18. The third-order valence-corrected chi connectivity index (χ3v) is 7.31. The first-order chi connectivity index (χ1) is 11.8. The Morgan fingerprint density at radius 1 is 1.27 bits per heavy atom. The summed E-state index contributed by atoms with van der Waals surface area (Å²) >= 11 is 0. The molecule has 2 atom stereocenters. The number of H-pyrrole nitrogens is 1. The van der Waals surface area contributed by atoms with E-state index in [2.05, 4.69) is 15.5 Å². The fourth-order valence-electron chi connectivity index (χ4n) is 3.82. The smallest absolute Gasteiger partial charge is 0.246 e. The van der Waals surface area contributed by atoms with E-state index in [1.165, 1.54) is 4.31 Å². The fraction of sp³-hybridized carbons (Fsp3) is 0.750. The fourth-order valence-corrected chi connectivity index (χ4v) is 5.67. The molecule has 0 bridgehead atoms. The lowest BCUT2D eigenvalue weighted by molar-refractivity contribution is -0.139. The number of carbonyl (C=O) groups is 1. The van der Waals surface area contributed by atoms with E-state index in [-0.39, 0.29) is 41.7 Å². The van der Waals surface area contributed by atoms with Gasteiger partial charge in [-0.2, -0.15) is 9.40 Å². The van der Waals surface area contributed by atoms with Gasteiger partial charge in [0.2, 0.25) is 15.9 Å². The second kappa shape index (κ2) is 8.24. The van der Waals surface area contributed by atoms with Crippen LogP contribution in [-0.4, -0.2) is 72.5 Å². The highest BCUT2D eigenvalue weighted by Gasteiger charge is 2.38. The van der Waals surface area contributed by atoms with Crippen molar-refractivity contribution in [1.29, 1.82) is 0 Å². The van der Waals surface area contributed by atoms with E-state index in [4.69, 9.17) is 0 Å². The van der Waals surface area contributed by atoms with Crippen molar-refractivity contribution in [2.24, 2.45) is 5.92 Å². The molecule has 148 valence electrons. The number of piperidine rings is 1. The lowest BCUT2D eigenvalue weighted by Gasteiger charge is -2.39. The molecule has 0 radical (unpaired) electrons. The molecule has 2 aliphatic rings. The molecule has 3 rings (SSSR count). The molecule has 2 aliphatic heterocycles. The SMILES string of the molecule is Cc1n[nH]c(C)c1S(=O)(=O)N1CCCC(C(=O)N2CCNC[C@@H]2C)C1.Cl. The number of rotatable bonds is 3. The molecule has 0 aliphatic carbocycles. The van der Waals surface area contributed by atoms with Gasteiger partial charge in [0.1, 0.15) is 4.90 Å². The summed E-state index contributed by atoms with van der Waals surface area (Å²) in [4.78, 5) is 15.1. The molecule has 1 aromatic heterocycles. The number of piperazine rings is 1. The van der Waals surface area contributed by atoms with Crippen molar-refractivity contribution in [2.45, 2.75) is 44.6 Å². The van der Waals surface area contributed by atoms with Gasteiger partial charge < -0.3 is 10.2 Å². The van der Waals surface area contributed by atoms with Crippen LogP contribution >= 0.6 is 12.4 Å². The number of amides is 1. The first-order valence-corrected chi connectivity index (χ1v) is 10.3. The number of hydrogen-bond acceptors (Lipinski definition) is 5. The molecular formula is C16H28ClN5O3S. The quantitative estimate of drug-likeness (QED) is 0.770. The highest BCUT2D eigenvalue weighted by molar-refractivity contribution is 7.89. The number of halogens is 1. The maximum Gasteiger partial charge on any atom is 0.246 e. The number of aryl methyl sites for hydroxylation is 2. The predicted molar refractivity (Wildman–Crippen MR) is 101 cm³/mol. The van der Waals surface area contributed by atoms with Crippen LogP contribution in [0.5, 0.6) is 0 Å². The van der Waals surface area contributed by atoms with Crippen molar-refractivity contribution >= 4 is 28.3 Å². The average Bonchev–Trinajstić information content (AvgIpc) is 2.94. The molecule has 0 spiro atoms. The van der Waals surface area contributed by atoms with E-state index in [0.717, 1.165) is 19.5 Å². The molecule has 2 fully saturated rings. The number of aromatic amines is 1. The Labute approximate surface area is 161 Å². The van der Waals surface area contributed by atoms with Crippen LogP contribution in [0.1, 0.15) is 31.2 Å². The summed E-state index contributed by atoms with van der Waals surface area (Å²) in [5.74, 6) is -0.189. The second-order valence-electron chi connectivity index (χ2n) is 7.05. The summed E-state index contributed by atoms with van der Waals surface area (Å²) < 4.78 is 27.5. The van der Waals surface area contributed by atoms with E-state index in [1.807, 2.05) is 11.8 Å². The number of nitrogens with zero attached hydrogens (tertiary/aromatic N) is 3. The molecule has 0 aromatic carbocycles. The Morgan fingerprint density at radius 3 is 2.62 bits per heavy atom. The van der Waals surface area contributed by atoms with Gasteiger partial charge in [0.25, 0.3) is 0 Å². The highest BCUT2D eigenvalue weighted by atomic mass is 35.5. The molecule has 2 saturated heterocycles. The normalized spacial score (nSPS) is 25.0. The monoisotopic (exact) mass is 405 g/mol. The predicted octanol–water partition coefficient (Wildman–Crippen LogP) is 0.669. The van der Waals surface area contributed by atoms with Crippen LogP contribution in [0, 0.1) is 19.8 Å². The second-order valence-corrected chi connectivity index (χ2v) is 8.92. The van der Waals surface area contributed by atoms with Crippen LogP contribution in [0.25, 0.3) is 0 Å². The van der Waals surface area contributed by atoms with Gasteiger partial charge in [0, 0.05) is 38.8 Å². The molecule has 3 heterocycles. The molecule has 2 N–H and O–H groups in total. The van der Waals surface area contributed by atoms with Crippen molar-refractivity contribution < 1.29 is 13.2 Å². The summed E-state index contributed by atoms with van der Waals surface area (Å²) in [7, 11) is -3.63. The van der Waals surface area contributed by atoms with Crippen LogP contribution in [0.3, 0.4) is 0 Å². The summed E-state index contributed by atoms with van der Waals surface area (Å²) in [6.45, 7) is 8.39. The van der Waals surface area contributed by atoms with E-state index in [1.54, 1.807) is 13.8 Å². The van der Waals surface area contributed by atoms with Crippen LogP contribution in [-0.2, 0) is 14.8 Å². The maximum absolute atomic E-state index is 13.0. The van der Waals surface area contributed by atoms with Crippen LogP contribution in [0.4, 0.5) is 0 Å². The lowest BCUT2D eigenvalue weighted by atomic mass is 9.97. The summed E-state index contributed by atoms with van der Waals surface area (Å²) in [5.41, 5.74) is 1.02. The van der Waals surface area contributed by atoms with E-state index in [9.17, 15) is 13.2 Å². The highest BCUT2D eigenvalue weighted by Crippen LogP contribution is 2.28. The van der Waals surface area contributed by atoms with Crippen molar-refractivity contribution in [3.05, 3.63) is 11.4 Å². The number of nitrogens with one attached hydrogen (secondary N) is 2. The zero-order valence-corrected chi connectivity index (χ0v) is 17.1. The minimum absolute atomic E-state index is 0. The van der Waals surface area contributed by atoms with E-state index in [0.29, 0.717) is 30.9 Å². The Balaban J connectivity index is 0.00000243. The van der Waals surface area contributed by atoms with Crippen LogP contribution < -0.4 is 5.32 Å².